The standard InChI is InChI=1S/C22H25N3O6/c1-22(2)10-15-8-17(25(27)28)19(9-18(15)31-22)30-20-12-23-11-16(20)24-21(26)29-13-14-6-4-3-5-7-14/h3-9,16,20,23H,10-13H2,1-2H3,(H,24,26)/t16-,20-/m1/s1. The van der Waals surface area contributed by atoms with Crippen LogP contribution in [0.25, 0.3) is 0 Å². The lowest BCUT2D eigenvalue weighted by molar-refractivity contribution is -0.386. The first-order chi connectivity index (χ1) is 14.8. The third kappa shape index (κ3) is 4.88. The van der Waals surface area contributed by atoms with Crippen molar-refractivity contribution >= 4 is 11.8 Å². The first-order valence-electron chi connectivity index (χ1n) is 10.2. The minimum atomic E-state index is -0.570. The van der Waals surface area contributed by atoms with E-state index in [-0.39, 0.29) is 18.0 Å². The molecule has 0 unspecified atom stereocenters. The molecule has 4 rings (SSSR count). The van der Waals surface area contributed by atoms with Gasteiger partial charge in [0, 0.05) is 37.2 Å². The second-order valence-electron chi connectivity index (χ2n) is 8.35. The zero-order valence-corrected chi connectivity index (χ0v) is 17.4. The predicted octanol–water partition coefficient (Wildman–Crippen LogP) is 2.95. The van der Waals surface area contributed by atoms with E-state index < -0.39 is 28.8 Å². The molecule has 1 fully saturated rings. The van der Waals surface area contributed by atoms with Gasteiger partial charge < -0.3 is 24.8 Å². The number of amides is 1. The summed E-state index contributed by atoms with van der Waals surface area (Å²) in [6, 6.07) is 12.1. The smallest absolute Gasteiger partial charge is 0.407 e. The predicted molar refractivity (Wildman–Crippen MR) is 112 cm³/mol. The van der Waals surface area contributed by atoms with E-state index in [9.17, 15) is 14.9 Å². The number of nitro benzene ring substituents is 1. The van der Waals surface area contributed by atoms with Crippen LogP contribution in [0.15, 0.2) is 42.5 Å². The molecule has 2 heterocycles. The minimum absolute atomic E-state index is 0.114. The van der Waals surface area contributed by atoms with Crippen LogP contribution in [0.3, 0.4) is 0 Å². The number of fused-ring (bicyclic) bond motifs is 1. The van der Waals surface area contributed by atoms with Crippen LogP contribution < -0.4 is 20.1 Å². The van der Waals surface area contributed by atoms with Gasteiger partial charge in [-0.2, -0.15) is 0 Å². The van der Waals surface area contributed by atoms with Crippen molar-refractivity contribution in [3.8, 4) is 11.5 Å². The van der Waals surface area contributed by atoms with Crippen LogP contribution in [-0.2, 0) is 17.8 Å². The van der Waals surface area contributed by atoms with E-state index in [0.29, 0.717) is 25.3 Å². The molecule has 164 valence electrons. The molecule has 0 bridgehead atoms. The quantitative estimate of drug-likeness (QED) is 0.538. The summed E-state index contributed by atoms with van der Waals surface area (Å²) in [6.45, 7) is 4.92. The Morgan fingerprint density at radius 3 is 2.81 bits per heavy atom. The van der Waals surface area contributed by atoms with Gasteiger partial charge in [0.25, 0.3) is 0 Å². The number of hydrogen-bond donors (Lipinski definition) is 2. The molecule has 2 aromatic rings. The second-order valence-corrected chi connectivity index (χ2v) is 8.35. The molecular formula is C22H25N3O6. The largest absolute Gasteiger partial charge is 0.487 e. The van der Waals surface area contributed by atoms with E-state index in [2.05, 4.69) is 10.6 Å². The lowest BCUT2D eigenvalue weighted by Gasteiger charge is -2.21. The van der Waals surface area contributed by atoms with Crippen LogP contribution in [0.5, 0.6) is 11.5 Å². The fourth-order valence-corrected chi connectivity index (χ4v) is 3.86. The van der Waals surface area contributed by atoms with E-state index in [1.807, 2.05) is 44.2 Å². The molecule has 0 aliphatic carbocycles. The number of nitrogens with zero attached hydrogens (tertiary/aromatic N) is 1. The van der Waals surface area contributed by atoms with Gasteiger partial charge in [-0.3, -0.25) is 10.1 Å². The van der Waals surface area contributed by atoms with Gasteiger partial charge in [0.15, 0.2) is 0 Å². The van der Waals surface area contributed by atoms with Crippen LogP contribution >= 0.6 is 0 Å². The summed E-state index contributed by atoms with van der Waals surface area (Å²) in [6.07, 6.45) is -0.471. The molecule has 2 aliphatic rings. The summed E-state index contributed by atoms with van der Waals surface area (Å²) < 4.78 is 17.1. The molecule has 0 aromatic heterocycles. The highest BCUT2D eigenvalue weighted by atomic mass is 16.6. The molecule has 0 radical (unpaired) electrons. The lowest BCUT2D eigenvalue weighted by Crippen LogP contribution is -2.45. The number of ether oxygens (including phenoxy) is 3. The van der Waals surface area contributed by atoms with Gasteiger partial charge in [-0.25, -0.2) is 4.79 Å². The van der Waals surface area contributed by atoms with Crippen molar-refractivity contribution in [3.05, 3.63) is 63.7 Å². The zero-order chi connectivity index (χ0) is 22.0. The maximum Gasteiger partial charge on any atom is 0.407 e. The Morgan fingerprint density at radius 1 is 1.29 bits per heavy atom. The van der Waals surface area contributed by atoms with Crippen LogP contribution in [0.1, 0.15) is 25.0 Å². The minimum Gasteiger partial charge on any atom is -0.487 e. The van der Waals surface area contributed by atoms with Gasteiger partial charge in [-0.05, 0) is 19.4 Å². The first kappa shape index (κ1) is 20.9. The molecule has 0 spiro atoms. The average Bonchev–Trinajstić information content (AvgIpc) is 3.28. The van der Waals surface area contributed by atoms with E-state index in [4.69, 9.17) is 14.2 Å². The van der Waals surface area contributed by atoms with Gasteiger partial charge in [-0.1, -0.05) is 30.3 Å². The van der Waals surface area contributed by atoms with E-state index in [1.165, 1.54) is 6.07 Å². The fraction of sp³-hybridized carbons (Fsp3) is 0.409. The number of hydrogen-bond acceptors (Lipinski definition) is 7. The van der Waals surface area contributed by atoms with Crippen LogP contribution in [0, 0.1) is 10.1 Å². The molecule has 2 aromatic carbocycles. The lowest BCUT2D eigenvalue weighted by atomic mass is 10.0. The van der Waals surface area contributed by atoms with Gasteiger partial charge in [0.2, 0.25) is 5.75 Å². The third-order valence-electron chi connectivity index (χ3n) is 5.29. The number of carbonyl (C=O) groups excluding carboxylic acids is 1. The van der Waals surface area contributed by atoms with Gasteiger partial charge >= 0.3 is 11.8 Å². The molecule has 2 atom stereocenters. The van der Waals surface area contributed by atoms with E-state index >= 15 is 0 Å². The first-order valence-corrected chi connectivity index (χ1v) is 10.2. The summed E-state index contributed by atoms with van der Waals surface area (Å²) in [7, 11) is 0. The van der Waals surface area contributed by atoms with Crippen LogP contribution in [-0.4, -0.2) is 41.9 Å². The maximum absolute atomic E-state index is 12.2. The van der Waals surface area contributed by atoms with Crippen molar-refractivity contribution in [2.24, 2.45) is 0 Å². The summed E-state index contributed by atoms with van der Waals surface area (Å²) >= 11 is 0. The Kier molecular flexibility index (Phi) is 5.69. The molecule has 1 amide bonds. The van der Waals surface area contributed by atoms with Crippen LogP contribution in [0.4, 0.5) is 10.5 Å². The van der Waals surface area contributed by atoms with Crippen molar-refractivity contribution < 1.29 is 23.9 Å². The van der Waals surface area contributed by atoms with Crippen molar-refractivity contribution in [2.75, 3.05) is 13.1 Å². The maximum atomic E-state index is 12.2. The van der Waals surface area contributed by atoms with Gasteiger partial charge in [-0.15, -0.1) is 0 Å². The molecule has 0 saturated carbocycles. The zero-order valence-electron chi connectivity index (χ0n) is 17.4. The second kappa shape index (κ2) is 8.43. The molecule has 31 heavy (non-hydrogen) atoms. The third-order valence-corrected chi connectivity index (χ3v) is 5.29. The average molecular weight is 427 g/mol. The van der Waals surface area contributed by atoms with Crippen molar-refractivity contribution in [1.82, 2.24) is 10.6 Å². The number of nitrogens with one attached hydrogen (secondary N) is 2. The normalized spacial score (nSPS) is 21.1. The summed E-state index contributed by atoms with van der Waals surface area (Å²) in [4.78, 5) is 23.4. The fourth-order valence-electron chi connectivity index (χ4n) is 3.86. The summed E-state index contributed by atoms with van der Waals surface area (Å²) in [5, 5.41) is 17.5. The number of benzene rings is 2. The number of alkyl carbamates (subject to hydrolysis) is 1. The Balaban J connectivity index is 1.43. The number of carbonyl (C=O) groups is 1. The number of nitro groups is 1. The molecule has 9 nitrogen and oxygen atoms in total. The SMILES string of the molecule is CC1(C)Cc2cc([N+](=O)[O-])c(O[C@@H]3CNC[C@H]3NC(=O)OCc3ccccc3)cc2O1. The Labute approximate surface area is 179 Å². The van der Waals surface area contributed by atoms with Crippen molar-refractivity contribution in [3.63, 3.8) is 0 Å². The summed E-state index contributed by atoms with van der Waals surface area (Å²) in [5.41, 5.74) is 1.13. The van der Waals surface area contributed by atoms with E-state index in [0.717, 1.165) is 11.1 Å². The molecular weight excluding hydrogens is 402 g/mol. The molecule has 1 saturated heterocycles. The Morgan fingerprint density at radius 2 is 2.06 bits per heavy atom. The highest BCUT2D eigenvalue weighted by Gasteiger charge is 2.36. The topological polar surface area (TPSA) is 112 Å². The molecule has 2 aliphatic heterocycles. The van der Waals surface area contributed by atoms with Crippen LogP contribution in [0.2, 0.25) is 0 Å². The highest BCUT2D eigenvalue weighted by molar-refractivity contribution is 5.68. The molecule has 9 heteroatoms. The van der Waals surface area contributed by atoms with Crippen molar-refractivity contribution in [2.45, 2.75) is 44.6 Å². The Bertz CT molecular complexity index is 979. The van der Waals surface area contributed by atoms with E-state index in [1.54, 1.807) is 6.07 Å². The van der Waals surface area contributed by atoms with Gasteiger partial charge in [0.1, 0.15) is 24.1 Å². The van der Waals surface area contributed by atoms with Gasteiger partial charge in [0.05, 0.1) is 11.0 Å². The monoisotopic (exact) mass is 427 g/mol. The van der Waals surface area contributed by atoms with Crippen molar-refractivity contribution in [1.29, 1.82) is 0 Å². The summed E-state index contributed by atoms with van der Waals surface area (Å²) in [5.74, 6) is 0.711. The Hall–Kier alpha value is -3.33. The number of rotatable bonds is 6. The molecule has 2 N–H and O–H groups in total. The highest BCUT2D eigenvalue weighted by Crippen LogP contribution is 2.42.